The number of hydrogen-bond donors (Lipinski definition) is 3. The largest absolute Gasteiger partial charge is 0.368 e. The summed E-state index contributed by atoms with van der Waals surface area (Å²) in [6.45, 7) is 0. The smallest absolute Gasteiger partial charge is 0.212 e. The predicted molar refractivity (Wildman–Crippen MR) is 28.6 cm³/mol. The minimum Gasteiger partial charge on any atom is -0.368 e. The summed E-state index contributed by atoms with van der Waals surface area (Å²) in [6, 6.07) is 0.132. The number of rotatable bonds is 1. The Kier molecular flexibility index (Phi) is 1.09. The fourth-order valence-corrected chi connectivity index (χ4v) is 0.516. The lowest BCUT2D eigenvalue weighted by Gasteiger charge is -2.11. The molecule has 0 aromatic carbocycles. The zero-order valence-corrected chi connectivity index (χ0v) is 4.46. The molecule has 0 radical (unpaired) electrons. The van der Waals surface area contributed by atoms with Crippen LogP contribution >= 0.6 is 0 Å². The summed E-state index contributed by atoms with van der Waals surface area (Å²) < 4.78 is 0. The van der Waals surface area contributed by atoms with Crippen LogP contribution in [0.4, 0.5) is 0 Å². The molecule has 0 aliphatic heterocycles. The Morgan fingerprint density at radius 2 is 2.25 bits per heavy atom. The summed E-state index contributed by atoms with van der Waals surface area (Å²) in [7, 11) is 0. The van der Waals surface area contributed by atoms with E-state index >= 15 is 0 Å². The molecule has 1 fully saturated rings. The van der Waals surface area contributed by atoms with Gasteiger partial charge in [0.25, 0.3) is 0 Å². The Bertz CT molecular complexity index is 110. The van der Waals surface area contributed by atoms with Crippen LogP contribution in [0.3, 0.4) is 0 Å². The van der Waals surface area contributed by atoms with Gasteiger partial charge >= 0.3 is 0 Å². The molecular formula is C4H9N3O. The van der Waals surface area contributed by atoms with Crippen molar-refractivity contribution < 1.29 is 5.21 Å². The maximum Gasteiger partial charge on any atom is 0.212 e. The van der Waals surface area contributed by atoms with Crippen molar-refractivity contribution in [2.24, 2.45) is 5.73 Å². The average Bonchev–Trinajstić information content (AvgIpc) is 2.43. The van der Waals surface area contributed by atoms with Crippen molar-refractivity contribution in [2.45, 2.75) is 18.9 Å². The van der Waals surface area contributed by atoms with Crippen molar-refractivity contribution in [3.63, 3.8) is 0 Å². The van der Waals surface area contributed by atoms with E-state index in [1.807, 2.05) is 0 Å². The Labute approximate surface area is 47.4 Å². The van der Waals surface area contributed by atoms with Crippen LogP contribution in [0.5, 0.6) is 0 Å². The van der Waals surface area contributed by atoms with Crippen molar-refractivity contribution in [3.05, 3.63) is 0 Å². The average molecular weight is 115 g/mol. The molecule has 1 aliphatic rings. The highest BCUT2D eigenvalue weighted by Crippen LogP contribution is 2.24. The van der Waals surface area contributed by atoms with E-state index in [0.717, 1.165) is 17.9 Å². The third kappa shape index (κ3) is 0.894. The minimum absolute atomic E-state index is 0.132. The third-order valence-corrected chi connectivity index (χ3v) is 1.14. The molecule has 0 bridgehead atoms. The highest BCUT2D eigenvalue weighted by molar-refractivity contribution is 5.73. The molecule has 0 unspecified atom stereocenters. The van der Waals surface area contributed by atoms with E-state index in [1.165, 1.54) is 0 Å². The van der Waals surface area contributed by atoms with E-state index < -0.39 is 0 Å². The monoisotopic (exact) mass is 115 g/mol. The molecule has 0 aromatic heterocycles. The summed E-state index contributed by atoms with van der Waals surface area (Å²) in [5.41, 5.74) is 4.94. The van der Waals surface area contributed by atoms with Gasteiger partial charge in [0.2, 0.25) is 5.96 Å². The summed E-state index contributed by atoms with van der Waals surface area (Å²) in [5, 5.41) is 16.3. The fourth-order valence-electron chi connectivity index (χ4n) is 0.516. The lowest BCUT2D eigenvalue weighted by molar-refractivity contribution is -0.0255. The molecule has 0 heterocycles. The second-order valence-electron chi connectivity index (χ2n) is 1.96. The number of nitrogens with two attached hydrogens (primary N) is 1. The molecule has 1 aliphatic carbocycles. The first-order valence-electron chi connectivity index (χ1n) is 2.54. The SMILES string of the molecule is N=C(N)N(O)C1CC1. The Hall–Kier alpha value is -0.770. The van der Waals surface area contributed by atoms with E-state index in [0.29, 0.717) is 0 Å². The molecule has 0 aromatic rings. The van der Waals surface area contributed by atoms with Crippen LogP contribution < -0.4 is 5.73 Å². The molecular weight excluding hydrogens is 106 g/mol. The second kappa shape index (κ2) is 1.63. The van der Waals surface area contributed by atoms with E-state index in [-0.39, 0.29) is 12.0 Å². The first kappa shape index (κ1) is 5.37. The predicted octanol–water partition coefficient (Wildman–Crippen LogP) is -0.267. The van der Waals surface area contributed by atoms with E-state index in [2.05, 4.69) is 0 Å². The van der Waals surface area contributed by atoms with Crippen LogP contribution in [0, 0.1) is 5.41 Å². The van der Waals surface area contributed by atoms with E-state index in [4.69, 9.17) is 16.4 Å². The van der Waals surface area contributed by atoms with Crippen LogP contribution in [0.15, 0.2) is 0 Å². The van der Waals surface area contributed by atoms with Crippen molar-refractivity contribution in [1.29, 1.82) is 5.41 Å². The highest BCUT2D eigenvalue weighted by atomic mass is 16.5. The third-order valence-electron chi connectivity index (χ3n) is 1.14. The fraction of sp³-hybridized carbons (Fsp3) is 0.750. The lowest BCUT2D eigenvalue weighted by atomic mass is 10.7. The van der Waals surface area contributed by atoms with Crippen LogP contribution in [-0.4, -0.2) is 22.3 Å². The molecule has 8 heavy (non-hydrogen) atoms. The van der Waals surface area contributed by atoms with Crippen molar-refractivity contribution in [2.75, 3.05) is 0 Å². The zero-order valence-electron chi connectivity index (χ0n) is 4.46. The molecule has 46 valence electrons. The molecule has 0 amide bonds. The van der Waals surface area contributed by atoms with Crippen molar-refractivity contribution >= 4 is 5.96 Å². The molecule has 4 N–H and O–H groups in total. The molecule has 1 saturated carbocycles. The topological polar surface area (TPSA) is 73.3 Å². The summed E-state index contributed by atoms with van der Waals surface area (Å²) in [5.74, 6) is -0.257. The molecule has 4 heteroatoms. The molecule has 0 saturated heterocycles. The van der Waals surface area contributed by atoms with Crippen molar-refractivity contribution in [3.8, 4) is 0 Å². The van der Waals surface area contributed by atoms with Crippen LogP contribution in [0.2, 0.25) is 0 Å². The molecule has 1 rings (SSSR count). The quantitative estimate of drug-likeness (QED) is 0.250. The van der Waals surface area contributed by atoms with Gasteiger partial charge in [-0.1, -0.05) is 0 Å². The Morgan fingerprint density at radius 1 is 1.75 bits per heavy atom. The lowest BCUT2D eigenvalue weighted by Crippen LogP contribution is -2.34. The zero-order chi connectivity index (χ0) is 6.15. The van der Waals surface area contributed by atoms with Crippen LogP contribution in [0.1, 0.15) is 12.8 Å². The van der Waals surface area contributed by atoms with Gasteiger partial charge in [0.05, 0.1) is 6.04 Å². The maximum atomic E-state index is 8.75. The standard InChI is InChI=1S/C4H9N3O/c5-4(6)7(8)3-1-2-3/h3,8H,1-2H2,(H3,5,6). The summed E-state index contributed by atoms with van der Waals surface area (Å²) >= 11 is 0. The van der Waals surface area contributed by atoms with Gasteiger partial charge in [-0.15, -0.1) is 0 Å². The Balaban J connectivity index is 2.32. The number of hydrogen-bond acceptors (Lipinski definition) is 2. The summed E-state index contributed by atoms with van der Waals surface area (Å²) in [6.07, 6.45) is 1.91. The molecule has 4 nitrogen and oxygen atoms in total. The Morgan fingerprint density at radius 3 is 2.38 bits per heavy atom. The number of hydroxylamine groups is 2. The van der Waals surface area contributed by atoms with Crippen molar-refractivity contribution in [1.82, 2.24) is 5.06 Å². The van der Waals surface area contributed by atoms with E-state index in [1.54, 1.807) is 0 Å². The summed E-state index contributed by atoms with van der Waals surface area (Å²) in [4.78, 5) is 0. The first-order valence-corrected chi connectivity index (χ1v) is 2.54. The number of guanidine groups is 1. The van der Waals surface area contributed by atoms with Gasteiger partial charge in [-0.05, 0) is 12.8 Å². The van der Waals surface area contributed by atoms with Gasteiger partial charge in [0.1, 0.15) is 0 Å². The van der Waals surface area contributed by atoms with E-state index in [9.17, 15) is 0 Å². The first-order chi connectivity index (χ1) is 3.72. The van der Waals surface area contributed by atoms with Gasteiger partial charge in [0.15, 0.2) is 0 Å². The van der Waals surface area contributed by atoms with Crippen LogP contribution in [0.25, 0.3) is 0 Å². The van der Waals surface area contributed by atoms with Crippen LogP contribution in [-0.2, 0) is 0 Å². The maximum absolute atomic E-state index is 8.75. The highest BCUT2D eigenvalue weighted by Gasteiger charge is 2.28. The molecule has 0 spiro atoms. The minimum atomic E-state index is -0.257. The second-order valence-corrected chi connectivity index (χ2v) is 1.96. The normalized spacial score (nSPS) is 18.1. The number of nitrogens with zero attached hydrogens (tertiary/aromatic N) is 1. The molecule has 0 atom stereocenters. The van der Waals surface area contributed by atoms with Gasteiger partial charge < -0.3 is 5.73 Å². The van der Waals surface area contributed by atoms with Gasteiger partial charge in [-0.3, -0.25) is 10.6 Å². The van der Waals surface area contributed by atoms with Gasteiger partial charge in [-0.25, -0.2) is 5.06 Å². The van der Waals surface area contributed by atoms with Gasteiger partial charge in [-0.2, -0.15) is 0 Å². The number of nitrogens with one attached hydrogen (secondary N) is 1. The van der Waals surface area contributed by atoms with Gasteiger partial charge in [0, 0.05) is 0 Å².